The van der Waals surface area contributed by atoms with Gasteiger partial charge in [-0.25, -0.2) is 0 Å². The SMILES string of the molecule is O=C(CCCCc1ccc(Br)cc1)Nc1ccsc1. The van der Waals surface area contributed by atoms with E-state index in [4.69, 9.17) is 0 Å². The quantitative estimate of drug-likeness (QED) is 0.749. The van der Waals surface area contributed by atoms with Crippen LogP contribution in [-0.2, 0) is 11.2 Å². The molecule has 0 unspecified atom stereocenters. The van der Waals surface area contributed by atoms with Gasteiger partial charge in [0, 0.05) is 16.3 Å². The van der Waals surface area contributed by atoms with Gasteiger partial charge in [-0.3, -0.25) is 4.79 Å². The van der Waals surface area contributed by atoms with Crippen molar-refractivity contribution in [2.75, 3.05) is 5.32 Å². The molecule has 1 N–H and O–H groups in total. The summed E-state index contributed by atoms with van der Waals surface area (Å²) in [6.45, 7) is 0. The summed E-state index contributed by atoms with van der Waals surface area (Å²) < 4.78 is 1.10. The summed E-state index contributed by atoms with van der Waals surface area (Å²) in [7, 11) is 0. The number of carbonyl (C=O) groups is 1. The molecule has 0 atom stereocenters. The number of carbonyl (C=O) groups excluding carboxylic acids is 1. The van der Waals surface area contributed by atoms with Crippen LogP contribution in [0.25, 0.3) is 0 Å². The van der Waals surface area contributed by atoms with Gasteiger partial charge in [-0.1, -0.05) is 28.1 Å². The molecule has 1 aromatic heterocycles. The van der Waals surface area contributed by atoms with E-state index in [1.54, 1.807) is 11.3 Å². The van der Waals surface area contributed by atoms with Gasteiger partial charge in [-0.2, -0.15) is 11.3 Å². The van der Waals surface area contributed by atoms with Crippen molar-refractivity contribution in [1.82, 2.24) is 0 Å². The summed E-state index contributed by atoms with van der Waals surface area (Å²) in [5, 5.41) is 6.80. The lowest BCUT2D eigenvalue weighted by Crippen LogP contribution is -2.10. The molecule has 0 saturated heterocycles. The first-order valence-electron chi connectivity index (χ1n) is 6.30. The van der Waals surface area contributed by atoms with Gasteiger partial charge in [0.15, 0.2) is 0 Å². The van der Waals surface area contributed by atoms with E-state index in [0.29, 0.717) is 6.42 Å². The second kappa shape index (κ2) is 7.46. The van der Waals surface area contributed by atoms with Crippen LogP contribution >= 0.6 is 27.3 Å². The molecule has 4 heteroatoms. The van der Waals surface area contributed by atoms with Crippen LogP contribution in [-0.4, -0.2) is 5.91 Å². The van der Waals surface area contributed by atoms with Crippen LogP contribution in [0.1, 0.15) is 24.8 Å². The van der Waals surface area contributed by atoms with E-state index < -0.39 is 0 Å². The average Bonchev–Trinajstić information content (AvgIpc) is 2.89. The number of unbranched alkanes of at least 4 members (excludes halogenated alkanes) is 1. The van der Waals surface area contributed by atoms with Gasteiger partial charge in [-0.15, -0.1) is 0 Å². The zero-order valence-corrected chi connectivity index (χ0v) is 13.0. The Labute approximate surface area is 126 Å². The third-order valence-electron chi connectivity index (χ3n) is 2.84. The van der Waals surface area contributed by atoms with Gasteiger partial charge in [0.05, 0.1) is 5.69 Å². The molecule has 1 heterocycles. The van der Waals surface area contributed by atoms with Crippen molar-refractivity contribution in [3.05, 3.63) is 51.1 Å². The van der Waals surface area contributed by atoms with Gasteiger partial charge in [-0.05, 0) is 48.4 Å². The highest BCUT2D eigenvalue weighted by Gasteiger charge is 2.02. The Bertz CT molecular complexity index is 507. The van der Waals surface area contributed by atoms with E-state index in [0.717, 1.165) is 29.4 Å². The van der Waals surface area contributed by atoms with Crippen molar-refractivity contribution in [3.8, 4) is 0 Å². The highest BCUT2D eigenvalue weighted by atomic mass is 79.9. The van der Waals surface area contributed by atoms with Gasteiger partial charge in [0.25, 0.3) is 0 Å². The second-order valence-electron chi connectivity index (χ2n) is 4.39. The largest absolute Gasteiger partial charge is 0.325 e. The van der Waals surface area contributed by atoms with Crippen molar-refractivity contribution < 1.29 is 4.79 Å². The molecular weight excluding hydrogens is 322 g/mol. The van der Waals surface area contributed by atoms with Crippen LogP contribution < -0.4 is 5.32 Å². The third kappa shape index (κ3) is 5.17. The Morgan fingerprint density at radius 3 is 2.63 bits per heavy atom. The van der Waals surface area contributed by atoms with E-state index in [1.165, 1.54) is 5.56 Å². The maximum absolute atomic E-state index is 11.7. The van der Waals surface area contributed by atoms with Crippen LogP contribution in [0.5, 0.6) is 0 Å². The first-order valence-corrected chi connectivity index (χ1v) is 8.04. The molecule has 19 heavy (non-hydrogen) atoms. The smallest absolute Gasteiger partial charge is 0.224 e. The number of thiophene rings is 1. The van der Waals surface area contributed by atoms with Crippen LogP contribution in [0, 0.1) is 0 Å². The molecule has 1 aromatic carbocycles. The minimum Gasteiger partial charge on any atom is -0.325 e. The third-order valence-corrected chi connectivity index (χ3v) is 4.05. The zero-order valence-electron chi connectivity index (χ0n) is 10.6. The maximum Gasteiger partial charge on any atom is 0.224 e. The molecule has 2 rings (SSSR count). The van der Waals surface area contributed by atoms with Crippen molar-refractivity contribution in [2.24, 2.45) is 0 Å². The highest BCUT2D eigenvalue weighted by Crippen LogP contribution is 2.14. The number of nitrogens with one attached hydrogen (secondary N) is 1. The van der Waals surface area contributed by atoms with Gasteiger partial charge >= 0.3 is 0 Å². The summed E-state index contributed by atoms with van der Waals surface area (Å²) in [5.74, 6) is 0.106. The average molecular weight is 338 g/mol. The molecular formula is C15H16BrNOS. The Hall–Kier alpha value is -1.13. The molecule has 100 valence electrons. The summed E-state index contributed by atoms with van der Waals surface area (Å²) in [6.07, 6.45) is 3.58. The van der Waals surface area contributed by atoms with Gasteiger partial charge < -0.3 is 5.32 Å². The van der Waals surface area contributed by atoms with Crippen molar-refractivity contribution in [2.45, 2.75) is 25.7 Å². The number of rotatable bonds is 6. The topological polar surface area (TPSA) is 29.1 Å². The monoisotopic (exact) mass is 337 g/mol. The molecule has 0 spiro atoms. The Kier molecular flexibility index (Phi) is 5.61. The summed E-state index contributed by atoms with van der Waals surface area (Å²) in [5.41, 5.74) is 2.23. The van der Waals surface area contributed by atoms with E-state index in [9.17, 15) is 4.79 Å². The number of halogens is 1. The molecule has 0 radical (unpaired) electrons. The number of aryl methyl sites for hydroxylation is 1. The fourth-order valence-electron chi connectivity index (χ4n) is 1.82. The fourth-order valence-corrected chi connectivity index (χ4v) is 2.68. The highest BCUT2D eigenvalue weighted by molar-refractivity contribution is 9.10. The molecule has 0 fully saturated rings. The molecule has 0 aliphatic rings. The van der Waals surface area contributed by atoms with E-state index in [2.05, 4.69) is 45.5 Å². The minimum absolute atomic E-state index is 0.106. The van der Waals surface area contributed by atoms with Gasteiger partial charge in [0.1, 0.15) is 0 Å². The van der Waals surface area contributed by atoms with E-state index in [1.807, 2.05) is 16.8 Å². The predicted octanol–water partition coefficient (Wildman–Crippen LogP) is 4.86. The lowest BCUT2D eigenvalue weighted by atomic mass is 10.1. The van der Waals surface area contributed by atoms with Gasteiger partial charge in [0.2, 0.25) is 5.91 Å². The number of amides is 1. The maximum atomic E-state index is 11.7. The molecule has 0 bridgehead atoms. The fraction of sp³-hybridized carbons (Fsp3) is 0.267. The number of hydrogen-bond donors (Lipinski definition) is 1. The van der Waals surface area contributed by atoms with E-state index >= 15 is 0 Å². The van der Waals surface area contributed by atoms with Crippen LogP contribution in [0.4, 0.5) is 5.69 Å². The number of benzene rings is 1. The first kappa shape index (κ1) is 14.3. The Morgan fingerprint density at radius 1 is 1.16 bits per heavy atom. The molecule has 2 aromatic rings. The first-order chi connectivity index (χ1) is 9.24. The second-order valence-corrected chi connectivity index (χ2v) is 6.09. The van der Waals surface area contributed by atoms with Crippen LogP contribution in [0.2, 0.25) is 0 Å². The van der Waals surface area contributed by atoms with E-state index in [-0.39, 0.29) is 5.91 Å². The standard InChI is InChI=1S/C15H16BrNOS/c16-13-7-5-12(6-8-13)3-1-2-4-15(18)17-14-9-10-19-11-14/h5-11H,1-4H2,(H,17,18). The van der Waals surface area contributed by atoms with Crippen molar-refractivity contribution >= 4 is 38.9 Å². The molecule has 0 aliphatic heterocycles. The molecule has 0 aliphatic carbocycles. The predicted molar refractivity (Wildman–Crippen MR) is 84.6 cm³/mol. The minimum atomic E-state index is 0.106. The number of anilines is 1. The zero-order chi connectivity index (χ0) is 13.5. The lowest BCUT2D eigenvalue weighted by Gasteiger charge is -2.03. The Morgan fingerprint density at radius 2 is 1.95 bits per heavy atom. The summed E-state index contributed by atoms with van der Waals surface area (Å²) >= 11 is 5.01. The molecule has 2 nitrogen and oxygen atoms in total. The van der Waals surface area contributed by atoms with Crippen molar-refractivity contribution in [1.29, 1.82) is 0 Å². The Balaban J connectivity index is 1.64. The summed E-state index contributed by atoms with van der Waals surface area (Å²) in [6, 6.07) is 10.3. The number of hydrogen-bond acceptors (Lipinski definition) is 2. The lowest BCUT2D eigenvalue weighted by molar-refractivity contribution is -0.116. The molecule has 0 saturated carbocycles. The molecule has 1 amide bonds. The van der Waals surface area contributed by atoms with Crippen LogP contribution in [0.3, 0.4) is 0 Å². The van der Waals surface area contributed by atoms with Crippen LogP contribution in [0.15, 0.2) is 45.6 Å². The normalized spacial score (nSPS) is 10.4. The van der Waals surface area contributed by atoms with Crippen molar-refractivity contribution in [3.63, 3.8) is 0 Å². The summed E-state index contributed by atoms with van der Waals surface area (Å²) in [4.78, 5) is 11.7.